The summed E-state index contributed by atoms with van der Waals surface area (Å²) in [5.41, 5.74) is -0.665. The van der Waals surface area contributed by atoms with Gasteiger partial charge in [0, 0.05) is 12.3 Å². The Morgan fingerprint density at radius 2 is 2.00 bits per heavy atom. The summed E-state index contributed by atoms with van der Waals surface area (Å²) in [5, 5.41) is 2.06. The molecule has 8 nitrogen and oxygen atoms in total. The van der Waals surface area contributed by atoms with Gasteiger partial charge in [0.05, 0.1) is 23.6 Å². The normalized spacial score (nSPS) is 15.8. The molecule has 1 amide bonds. The molecule has 0 aliphatic carbocycles. The molecule has 0 spiro atoms. The van der Waals surface area contributed by atoms with Crippen molar-refractivity contribution >= 4 is 33.5 Å². The molecule has 0 bridgehead atoms. The number of carbonyl (C=O) groups is 2. The first-order valence-corrected chi connectivity index (χ1v) is 8.76. The first-order valence-electron chi connectivity index (χ1n) is 7.36. The van der Waals surface area contributed by atoms with Crippen LogP contribution in [0.2, 0.25) is 0 Å². The van der Waals surface area contributed by atoms with E-state index in [1.807, 2.05) is 0 Å². The summed E-state index contributed by atoms with van der Waals surface area (Å²) in [6, 6.07) is 2.43. The molecule has 2 rings (SSSR count). The number of esters is 1. The highest BCUT2D eigenvalue weighted by Gasteiger charge is 2.30. The average Bonchev–Trinajstić information content (AvgIpc) is 2.53. The summed E-state index contributed by atoms with van der Waals surface area (Å²) in [4.78, 5) is 23.9. The third-order valence-corrected chi connectivity index (χ3v) is 4.54. The Hall–Kier alpha value is -2.82. The van der Waals surface area contributed by atoms with Crippen LogP contribution in [0, 0.1) is 11.6 Å². The van der Waals surface area contributed by atoms with Gasteiger partial charge in [0.1, 0.15) is 18.2 Å². The molecule has 0 saturated heterocycles. The third kappa shape index (κ3) is 4.42. The van der Waals surface area contributed by atoms with Crippen molar-refractivity contribution in [3.63, 3.8) is 0 Å². The molecular weight excluding hydrogens is 372 g/mol. The van der Waals surface area contributed by atoms with Gasteiger partial charge < -0.3 is 10.1 Å². The fourth-order valence-corrected chi connectivity index (χ4v) is 3.11. The van der Waals surface area contributed by atoms with E-state index in [4.69, 9.17) is 4.74 Å². The number of ether oxygens (including phenoxy) is 1. The maximum absolute atomic E-state index is 13.6. The molecule has 1 aliphatic heterocycles. The van der Waals surface area contributed by atoms with Crippen molar-refractivity contribution in [2.45, 2.75) is 13.8 Å². The first kappa shape index (κ1) is 19.5. The largest absolute Gasteiger partial charge is 0.462 e. The molecule has 0 radical (unpaired) electrons. The molecule has 0 unspecified atom stereocenters. The Balaban J connectivity index is 2.21. The third-order valence-electron chi connectivity index (χ3n) is 3.21. The average molecular weight is 387 g/mol. The lowest BCUT2D eigenvalue weighted by Gasteiger charge is -2.22. The number of anilines is 1. The van der Waals surface area contributed by atoms with Gasteiger partial charge in [0.15, 0.2) is 0 Å². The van der Waals surface area contributed by atoms with Gasteiger partial charge in [-0.05, 0) is 26.0 Å². The van der Waals surface area contributed by atoms with Crippen molar-refractivity contribution < 1.29 is 31.5 Å². The number of nitrogens with zero attached hydrogens (tertiary/aromatic N) is 2. The zero-order chi connectivity index (χ0) is 19.5. The van der Waals surface area contributed by atoms with Crippen LogP contribution >= 0.6 is 0 Å². The van der Waals surface area contributed by atoms with Crippen molar-refractivity contribution in [3.05, 3.63) is 41.6 Å². The zero-order valence-electron chi connectivity index (χ0n) is 13.8. The Labute approximate surface area is 148 Å². The number of carbonyl (C=O) groups excluding carboxylic acids is 2. The van der Waals surface area contributed by atoms with Gasteiger partial charge in [-0.25, -0.2) is 17.9 Å². The molecule has 1 N–H and O–H groups in total. The van der Waals surface area contributed by atoms with Crippen molar-refractivity contribution in [2.75, 3.05) is 18.5 Å². The second-order valence-corrected chi connectivity index (χ2v) is 6.68. The molecule has 140 valence electrons. The number of nitrogens with one attached hydrogen (secondary N) is 1. The van der Waals surface area contributed by atoms with Gasteiger partial charge in [-0.15, -0.1) is 4.40 Å². The summed E-state index contributed by atoms with van der Waals surface area (Å²) < 4.78 is 59.5. The highest BCUT2D eigenvalue weighted by molar-refractivity contribution is 7.88. The summed E-state index contributed by atoms with van der Waals surface area (Å²) in [5.74, 6) is -3.42. The number of rotatable bonds is 5. The van der Waals surface area contributed by atoms with Crippen LogP contribution in [0.15, 0.2) is 34.4 Å². The van der Waals surface area contributed by atoms with E-state index in [0.717, 1.165) is 24.4 Å². The molecule has 0 aromatic heterocycles. The maximum atomic E-state index is 13.6. The fourth-order valence-electron chi connectivity index (χ4n) is 2.04. The summed E-state index contributed by atoms with van der Waals surface area (Å²) >= 11 is 0. The van der Waals surface area contributed by atoms with Crippen LogP contribution in [0.4, 0.5) is 14.5 Å². The van der Waals surface area contributed by atoms with Crippen molar-refractivity contribution in [2.24, 2.45) is 4.40 Å². The molecule has 0 saturated carbocycles. The molecule has 0 atom stereocenters. The second-order valence-electron chi connectivity index (χ2n) is 5.14. The van der Waals surface area contributed by atoms with E-state index in [1.165, 1.54) is 6.92 Å². The summed E-state index contributed by atoms with van der Waals surface area (Å²) in [7, 11) is -4.25. The van der Waals surface area contributed by atoms with E-state index >= 15 is 0 Å². The number of benzene rings is 1. The molecule has 1 aromatic rings. The van der Waals surface area contributed by atoms with E-state index in [9.17, 15) is 26.8 Å². The minimum Gasteiger partial charge on any atom is -0.462 e. The standard InChI is InChI=1S/C15H15F2N3O5S/c1-3-25-15(22)11-7-20(26(23,24)19-9(11)2)8-14(21)18-13-6-10(16)4-5-12(13)17/h4-7H,3,8H2,1-2H3,(H,18,21). The van der Waals surface area contributed by atoms with E-state index in [2.05, 4.69) is 9.71 Å². The van der Waals surface area contributed by atoms with E-state index < -0.39 is 46.0 Å². The Bertz CT molecular complexity index is 912. The van der Waals surface area contributed by atoms with Crippen LogP contribution < -0.4 is 5.32 Å². The minimum atomic E-state index is -4.25. The van der Waals surface area contributed by atoms with Crippen LogP contribution in [0.25, 0.3) is 0 Å². The number of hydrogen-bond acceptors (Lipinski definition) is 5. The molecular formula is C15H15F2N3O5S. The topological polar surface area (TPSA) is 105 Å². The van der Waals surface area contributed by atoms with Crippen LogP contribution in [0.5, 0.6) is 0 Å². The second kappa shape index (κ2) is 7.60. The van der Waals surface area contributed by atoms with Crippen LogP contribution in [-0.4, -0.2) is 43.5 Å². The maximum Gasteiger partial charge on any atom is 0.344 e. The van der Waals surface area contributed by atoms with Gasteiger partial charge in [-0.1, -0.05) is 0 Å². The smallest absolute Gasteiger partial charge is 0.344 e. The highest BCUT2D eigenvalue weighted by atomic mass is 32.2. The number of amides is 1. The lowest BCUT2D eigenvalue weighted by atomic mass is 10.2. The van der Waals surface area contributed by atoms with E-state index in [1.54, 1.807) is 6.92 Å². The lowest BCUT2D eigenvalue weighted by molar-refractivity contribution is -0.138. The SMILES string of the molecule is CCOC(=O)C1=CN(CC(=O)Nc2cc(F)ccc2F)S(=O)(=O)N=C1C. The van der Waals surface area contributed by atoms with Gasteiger partial charge in [0.25, 0.3) is 0 Å². The zero-order valence-corrected chi connectivity index (χ0v) is 14.6. The quantitative estimate of drug-likeness (QED) is 0.769. The molecule has 11 heteroatoms. The van der Waals surface area contributed by atoms with Crippen LogP contribution in [0.3, 0.4) is 0 Å². The lowest BCUT2D eigenvalue weighted by Crippen LogP contribution is -2.37. The Morgan fingerprint density at radius 3 is 2.65 bits per heavy atom. The number of halogens is 2. The fraction of sp³-hybridized carbons (Fsp3) is 0.267. The first-order chi connectivity index (χ1) is 12.1. The number of hydrogen-bond donors (Lipinski definition) is 1. The molecule has 26 heavy (non-hydrogen) atoms. The predicted octanol–water partition coefficient (Wildman–Crippen LogP) is 1.37. The van der Waals surface area contributed by atoms with Crippen molar-refractivity contribution in [1.82, 2.24) is 4.31 Å². The van der Waals surface area contributed by atoms with Crippen molar-refractivity contribution in [1.29, 1.82) is 0 Å². The highest BCUT2D eigenvalue weighted by Crippen LogP contribution is 2.19. The van der Waals surface area contributed by atoms with Gasteiger partial charge in [-0.3, -0.25) is 4.79 Å². The van der Waals surface area contributed by atoms with E-state index in [0.29, 0.717) is 4.31 Å². The Kier molecular flexibility index (Phi) is 5.70. The van der Waals surface area contributed by atoms with Crippen LogP contribution in [0.1, 0.15) is 13.8 Å². The van der Waals surface area contributed by atoms with Gasteiger partial charge in [0.2, 0.25) is 5.91 Å². The molecule has 1 aliphatic rings. The van der Waals surface area contributed by atoms with E-state index in [-0.39, 0.29) is 17.9 Å². The molecule has 1 heterocycles. The van der Waals surface area contributed by atoms with Crippen LogP contribution in [-0.2, 0) is 24.5 Å². The van der Waals surface area contributed by atoms with Gasteiger partial charge in [-0.2, -0.15) is 8.42 Å². The van der Waals surface area contributed by atoms with Gasteiger partial charge >= 0.3 is 16.2 Å². The molecule has 0 fully saturated rings. The minimum absolute atomic E-state index is 0.0650. The molecule has 1 aromatic carbocycles. The van der Waals surface area contributed by atoms with Crippen molar-refractivity contribution in [3.8, 4) is 0 Å². The summed E-state index contributed by atoms with van der Waals surface area (Å²) in [6.07, 6.45) is 0.914. The monoisotopic (exact) mass is 387 g/mol. The summed E-state index contributed by atoms with van der Waals surface area (Å²) in [6.45, 7) is 2.15. The Morgan fingerprint density at radius 1 is 1.31 bits per heavy atom. The predicted molar refractivity (Wildman–Crippen MR) is 88.4 cm³/mol.